The van der Waals surface area contributed by atoms with Crippen LogP contribution in [0.3, 0.4) is 0 Å². The molecule has 0 N–H and O–H groups in total. The van der Waals surface area contributed by atoms with Gasteiger partial charge in [-0.3, -0.25) is 0 Å². The van der Waals surface area contributed by atoms with E-state index in [4.69, 9.17) is 11.6 Å². The van der Waals surface area contributed by atoms with Crippen molar-refractivity contribution in [1.29, 1.82) is 0 Å². The van der Waals surface area contributed by atoms with Crippen molar-refractivity contribution < 1.29 is 0 Å². The highest BCUT2D eigenvalue weighted by Gasteiger charge is 2.24. The summed E-state index contributed by atoms with van der Waals surface area (Å²) in [5.41, 5.74) is 1.17. The molecule has 0 heterocycles. The maximum Gasteiger partial charge on any atom is 0.0647 e. The summed E-state index contributed by atoms with van der Waals surface area (Å²) in [5, 5.41) is 0. The first-order valence-electron chi connectivity index (χ1n) is 3.97. The summed E-state index contributed by atoms with van der Waals surface area (Å²) in [7, 11) is 0. The van der Waals surface area contributed by atoms with Gasteiger partial charge in [0, 0.05) is 0 Å². The highest BCUT2D eigenvalue weighted by molar-refractivity contribution is 6.25. The second-order valence-corrected chi connectivity index (χ2v) is 3.35. The lowest BCUT2D eigenvalue weighted by Gasteiger charge is -2.25. The molecule has 0 atom stereocenters. The molecule has 1 heteroatoms. The summed E-state index contributed by atoms with van der Waals surface area (Å²) in [5.74, 6) is 0. The summed E-state index contributed by atoms with van der Waals surface area (Å²) >= 11 is 6.26. The Hall–Kier alpha value is 0.0300. The molecule has 0 nitrogen and oxygen atoms in total. The highest BCUT2D eigenvalue weighted by atomic mass is 35.5. The molecule has 0 aliphatic heterocycles. The molecule has 0 aromatic heterocycles. The number of hydrogen-bond donors (Lipinski definition) is 0. The zero-order chi connectivity index (χ0) is 8.20. The molecule has 0 unspecified atom stereocenters. The predicted octanol–water partition coefficient (Wildman–Crippen LogP) is 3.75. The van der Waals surface area contributed by atoms with Gasteiger partial charge < -0.3 is 0 Å². The molecule has 0 saturated carbocycles. The number of halogens is 1. The lowest BCUT2D eigenvalue weighted by Crippen LogP contribution is -2.20. The molecule has 0 amide bonds. The van der Waals surface area contributed by atoms with Crippen molar-refractivity contribution in [3.63, 3.8) is 0 Å². The molecule has 0 aromatic rings. The third-order valence-electron chi connectivity index (χ3n) is 2.18. The van der Waals surface area contributed by atoms with Crippen LogP contribution in [0.5, 0.6) is 0 Å². The molecule has 10 heavy (non-hydrogen) atoms. The third-order valence-corrected chi connectivity index (χ3v) is 2.98. The van der Waals surface area contributed by atoms with Crippen LogP contribution in [0.15, 0.2) is 12.2 Å². The summed E-state index contributed by atoms with van der Waals surface area (Å²) in [6.45, 7) is 10.3. The fourth-order valence-corrected chi connectivity index (χ4v) is 1.20. The molecule has 60 valence electrons. The van der Waals surface area contributed by atoms with E-state index in [0.717, 1.165) is 19.3 Å². The van der Waals surface area contributed by atoms with Crippen LogP contribution in [0.1, 0.15) is 40.0 Å². The number of rotatable bonds is 4. The third kappa shape index (κ3) is 2.02. The van der Waals surface area contributed by atoms with Gasteiger partial charge in [-0.15, -0.1) is 11.6 Å². The Bertz CT molecular complexity index is 112. The van der Waals surface area contributed by atoms with Crippen LogP contribution >= 0.6 is 11.6 Å². The normalized spacial score (nSPS) is 11.6. The molecule has 0 aliphatic carbocycles. The molecule has 0 spiro atoms. The Kier molecular flexibility index (Phi) is 4.04. The van der Waals surface area contributed by atoms with E-state index in [2.05, 4.69) is 27.4 Å². The topological polar surface area (TPSA) is 0 Å². The fourth-order valence-electron chi connectivity index (χ4n) is 1.07. The van der Waals surface area contributed by atoms with Gasteiger partial charge in [-0.05, 0) is 19.3 Å². The summed E-state index contributed by atoms with van der Waals surface area (Å²) < 4.78 is 0. The van der Waals surface area contributed by atoms with Gasteiger partial charge in [-0.1, -0.05) is 32.9 Å². The number of alkyl halides is 1. The zero-order valence-corrected chi connectivity index (χ0v) is 7.96. The number of allylic oxidation sites excluding steroid dienone is 1. The maximum absolute atomic E-state index is 6.26. The van der Waals surface area contributed by atoms with Crippen molar-refractivity contribution in [1.82, 2.24) is 0 Å². The maximum atomic E-state index is 6.26. The first kappa shape index (κ1) is 10.0. The molecule has 0 bridgehead atoms. The highest BCUT2D eigenvalue weighted by Crippen LogP contribution is 2.32. The summed E-state index contributed by atoms with van der Waals surface area (Å²) in [6, 6.07) is 0. The average molecular weight is 161 g/mol. The first-order valence-corrected chi connectivity index (χ1v) is 4.35. The van der Waals surface area contributed by atoms with Gasteiger partial charge in [-0.2, -0.15) is 0 Å². The molecule has 0 fully saturated rings. The van der Waals surface area contributed by atoms with Gasteiger partial charge in [0.2, 0.25) is 0 Å². The van der Waals surface area contributed by atoms with Gasteiger partial charge in [0.15, 0.2) is 0 Å². The first-order chi connectivity index (χ1) is 4.60. The standard InChI is InChI=1S/C9H17Cl/c1-5-8(4)9(10,6-2)7-3/h4-7H2,1-3H3. The van der Waals surface area contributed by atoms with E-state index in [1.165, 1.54) is 5.57 Å². The monoisotopic (exact) mass is 160 g/mol. The minimum Gasteiger partial charge on any atom is -0.115 e. The van der Waals surface area contributed by atoms with Gasteiger partial charge in [0.25, 0.3) is 0 Å². The van der Waals surface area contributed by atoms with E-state index in [9.17, 15) is 0 Å². The molecular weight excluding hydrogens is 144 g/mol. The second-order valence-electron chi connectivity index (χ2n) is 2.63. The Morgan fingerprint density at radius 1 is 1.30 bits per heavy atom. The Balaban J connectivity index is 4.17. The van der Waals surface area contributed by atoms with E-state index in [0.29, 0.717) is 0 Å². The molecule has 0 rings (SSSR count). The van der Waals surface area contributed by atoms with Gasteiger partial charge in [0.05, 0.1) is 4.87 Å². The van der Waals surface area contributed by atoms with Crippen molar-refractivity contribution in [2.24, 2.45) is 0 Å². The zero-order valence-electron chi connectivity index (χ0n) is 7.21. The number of hydrogen-bond acceptors (Lipinski definition) is 0. The van der Waals surface area contributed by atoms with Crippen LogP contribution in [0.25, 0.3) is 0 Å². The lowest BCUT2D eigenvalue weighted by atomic mass is 9.92. The Morgan fingerprint density at radius 3 is 1.80 bits per heavy atom. The van der Waals surface area contributed by atoms with Gasteiger partial charge in [-0.25, -0.2) is 0 Å². The van der Waals surface area contributed by atoms with E-state index >= 15 is 0 Å². The molecule has 0 aliphatic rings. The van der Waals surface area contributed by atoms with E-state index in [1.54, 1.807) is 0 Å². The van der Waals surface area contributed by atoms with Crippen molar-refractivity contribution in [3.8, 4) is 0 Å². The van der Waals surface area contributed by atoms with Crippen LogP contribution < -0.4 is 0 Å². The molecule has 0 aromatic carbocycles. The average Bonchev–Trinajstić information content (AvgIpc) is 2.01. The largest absolute Gasteiger partial charge is 0.115 e. The van der Waals surface area contributed by atoms with Crippen LogP contribution in [0, 0.1) is 0 Å². The van der Waals surface area contributed by atoms with E-state index in [1.807, 2.05) is 0 Å². The second kappa shape index (κ2) is 4.02. The summed E-state index contributed by atoms with van der Waals surface area (Å²) in [4.78, 5) is -0.130. The summed E-state index contributed by atoms with van der Waals surface area (Å²) in [6.07, 6.45) is 2.96. The van der Waals surface area contributed by atoms with Crippen molar-refractivity contribution in [3.05, 3.63) is 12.2 Å². The SMILES string of the molecule is C=C(CC)C(Cl)(CC)CC. The van der Waals surface area contributed by atoms with Crippen molar-refractivity contribution in [2.45, 2.75) is 44.9 Å². The molecular formula is C9H17Cl. The van der Waals surface area contributed by atoms with Crippen LogP contribution in [0.2, 0.25) is 0 Å². The van der Waals surface area contributed by atoms with Crippen LogP contribution in [-0.4, -0.2) is 4.87 Å². The minimum absolute atomic E-state index is 0.130. The van der Waals surface area contributed by atoms with Crippen molar-refractivity contribution in [2.75, 3.05) is 0 Å². The molecule has 0 radical (unpaired) electrons. The smallest absolute Gasteiger partial charge is 0.0647 e. The predicted molar refractivity (Wildman–Crippen MR) is 48.6 cm³/mol. The Morgan fingerprint density at radius 2 is 1.70 bits per heavy atom. The van der Waals surface area contributed by atoms with Crippen LogP contribution in [-0.2, 0) is 0 Å². The quantitative estimate of drug-likeness (QED) is 0.434. The van der Waals surface area contributed by atoms with Crippen LogP contribution in [0.4, 0.5) is 0 Å². The van der Waals surface area contributed by atoms with Crippen molar-refractivity contribution >= 4 is 11.6 Å². The van der Waals surface area contributed by atoms with Gasteiger partial charge in [0.1, 0.15) is 0 Å². The van der Waals surface area contributed by atoms with Gasteiger partial charge >= 0.3 is 0 Å². The fraction of sp³-hybridized carbons (Fsp3) is 0.778. The lowest BCUT2D eigenvalue weighted by molar-refractivity contribution is 0.598. The minimum atomic E-state index is -0.130. The Labute approximate surface area is 69.3 Å². The van der Waals surface area contributed by atoms with E-state index in [-0.39, 0.29) is 4.87 Å². The van der Waals surface area contributed by atoms with E-state index < -0.39 is 0 Å². The molecule has 0 saturated heterocycles.